The third-order valence-electron chi connectivity index (χ3n) is 3.64. The van der Waals surface area contributed by atoms with Crippen molar-refractivity contribution >= 4 is 15.8 Å². The molecule has 6 nitrogen and oxygen atoms in total. The Bertz CT molecular complexity index is 531. The van der Waals surface area contributed by atoms with E-state index in [1.54, 1.807) is 14.0 Å². The maximum Gasteiger partial charge on any atom is 0.246 e. The molecule has 0 radical (unpaired) electrons. The van der Waals surface area contributed by atoms with E-state index in [1.165, 1.54) is 23.9 Å². The van der Waals surface area contributed by atoms with Crippen LogP contribution in [0.3, 0.4) is 0 Å². The molecule has 1 aliphatic rings. The summed E-state index contributed by atoms with van der Waals surface area (Å²) in [6, 6.07) is 0. The molecule has 1 aromatic rings. The van der Waals surface area contributed by atoms with Crippen LogP contribution in [0, 0.1) is 12.8 Å². The van der Waals surface area contributed by atoms with Gasteiger partial charge in [0.25, 0.3) is 0 Å². The highest BCUT2D eigenvalue weighted by Gasteiger charge is 2.25. The van der Waals surface area contributed by atoms with Crippen molar-refractivity contribution in [1.29, 1.82) is 0 Å². The number of nitrogens with zero attached hydrogens (tertiary/aromatic N) is 2. The molecule has 1 heterocycles. The van der Waals surface area contributed by atoms with Crippen LogP contribution in [0.4, 0.5) is 5.82 Å². The van der Waals surface area contributed by atoms with Crippen molar-refractivity contribution in [3.8, 4) is 0 Å². The normalized spacial score (nSPS) is 16.8. The third kappa shape index (κ3) is 2.51. The van der Waals surface area contributed by atoms with Crippen molar-refractivity contribution in [2.45, 2.75) is 37.5 Å². The average Bonchev–Trinajstić information content (AvgIpc) is 2.45. The molecule has 1 saturated carbocycles. The lowest BCUT2D eigenvalue weighted by atomic mass is 9.83. The Kier molecular flexibility index (Phi) is 3.63. The topological polar surface area (TPSA) is 90.0 Å². The first-order valence-corrected chi connectivity index (χ1v) is 7.69. The molecule has 0 aliphatic heterocycles. The van der Waals surface area contributed by atoms with Gasteiger partial charge in [0.05, 0.1) is 5.69 Å². The van der Waals surface area contributed by atoms with Gasteiger partial charge in [-0.1, -0.05) is 19.3 Å². The first-order chi connectivity index (χ1) is 8.42. The maximum absolute atomic E-state index is 12.1. The van der Waals surface area contributed by atoms with Crippen molar-refractivity contribution in [2.24, 2.45) is 13.0 Å². The number of nitrogens with two attached hydrogens (primary N) is 1. The Labute approximate surface area is 108 Å². The fourth-order valence-corrected chi connectivity index (χ4v) is 3.57. The van der Waals surface area contributed by atoms with Crippen molar-refractivity contribution < 1.29 is 8.42 Å². The van der Waals surface area contributed by atoms with Gasteiger partial charge in [0, 0.05) is 13.6 Å². The van der Waals surface area contributed by atoms with E-state index in [4.69, 9.17) is 5.73 Å². The summed E-state index contributed by atoms with van der Waals surface area (Å²) in [6.07, 6.45) is 4.61. The summed E-state index contributed by atoms with van der Waals surface area (Å²) in [6.45, 7) is 2.17. The molecule has 0 amide bonds. The summed E-state index contributed by atoms with van der Waals surface area (Å²) in [7, 11) is -1.86. The lowest BCUT2D eigenvalue weighted by Gasteiger charge is -2.25. The van der Waals surface area contributed by atoms with Crippen LogP contribution in [-0.4, -0.2) is 24.7 Å². The number of aromatic nitrogens is 2. The van der Waals surface area contributed by atoms with Gasteiger partial charge < -0.3 is 5.73 Å². The Morgan fingerprint density at radius 2 is 2.17 bits per heavy atom. The molecule has 1 fully saturated rings. The van der Waals surface area contributed by atoms with Gasteiger partial charge in [-0.3, -0.25) is 4.68 Å². The monoisotopic (exact) mass is 272 g/mol. The van der Waals surface area contributed by atoms with E-state index in [-0.39, 0.29) is 10.7 Å². The minimum Gasteiger partial charge on any atom is -0.381 e. The fraction of sp³-hybridized carbons (Fsp3) is 0.727. The first-order valence-electron chi connectivity index (χ1n) is 6.20. The van der Waals surface area contributed by atoms with Gasteiger partial charge in [-0.25, -0.2) is 13.1 Å². The van der Waals surface area contributed by atoms with Gasteiger partial charge in [-0.15, -0.1) is 0 Å². The van der Waals surface area contributed by atoms with Crippen LogP contribution in [0.1, 0.15) is 31.4 Å². The molecular formula is C11H20N4O2S. The summed E-state index contributed by atoms with van der Waals surface area (Å²) in [4.78, 5) is 0.110. The number of hydrogen-bond donors (Lipinski definition) is 2. The van der Waals surface area contributed by atoms with E-state index in [9.17, 15) is 8.42 Å². The van der Waals surface area contributed by atoms with Crippen molar-refractivity contribution in [2.75, 3.05) is 12.3 Å². The lowest BCUT2D eigenvalue weighted by molar-refractivity contribution is 0.297. The van der Waals surface area contributed by atoms with Gasteiger partial charge in [0.2, 0.25) is 10.0 Å². The molecule has 0 saturated heterocycles. The zero-order chi connectivity index (χ0) is 13.3. The number of rotatable bonds is 5. The first kappa shape index (κ1) is 13.4. The van der Waals surface area contributed by atoms with E-state index >= 15 is 0 Å². The second-order valence-electron chi connectivity index (χ2n) is 4.91. The Balaban J connectivity index is 2.05. The van der Waals surface area contributed by atoms with E-state index < -0.39 is 10.0 Å². The summed E-state index contributed by atoms with van der Waals surface area (Å²) >= 11 is 0. The van der Waals surface area contributed by atoms with Gasteiger partial charge in [0.15, 0.2) is 5.82 Å². The van der Waals surface area contributed by atoms with E-state index in [1.807, 2.05) is 0 Å². The van der Waals surface area contributed by atoms with Crippen molar-refractivity contribution in [3.63, 3.8) is 0 Å². The summed E-state index contributed by atoms with van der Waals surface area (Å²) in [5.41, 5.74) is 6.21. The number of sulfonamides is 1. The fourth-order valence-electron chi connectivity index (χ4n) is 2.20. The molecule has 0 bridgehead atoms. The molecule has 1 aliphatic carbocycles. The average molecular weight is 272 g/mol. The predicted octanol–water partition coefficient (Wildman–Crippen LogP) is 0.779. The summed E-state index contributed by atoms with van der Waals surface area (Å²) in [5.74, 6) is 0.742. The third-order valence-corrected chi connectivity index (χ3v) is 5.27. The van der Waals surface area contributed by atoms with Gasteiger partial charge in [0.1, 0.15) is 4.90 Å². The largest absolute Gasteiger partial charge is 0.381 e. The molecule has 0 atom stereocenters. The molecule has 7 heteroatoms. The maximum atomic E-state index is 12.1. The molecule has 0 spiro atoms. The zero-order valence-corrected chi connectivity index (χ0v) is 11.6. The SMILES string of the molecule is Cc1c(S(=O)(=O)NCCC2CCC2)c(N)nn1C. The second-order valence-corrected chi connectivity index (χ2v) is 6.61. The molecule has 0 unspecified atom stereocenters. The van der Waals surface area contributed by atoms with E-state index in [0.29, 0.717) is 18.2 Å². The van der Waals surface area contributed by atoms with Crippen LogP contribution >= 0.6 is 0 Å². The highest BCUT2D eigenvalue weighted by Crippen LogP contribution is 2.29. The van der Waals surface area contributed by atoms with E-state index in [0.717, 1.165) is 6.42 Å². The highest BCUT2D eigenvalue weighted by atomic mass is 32.2. The summed E-state index contributed by atoms with van der Waals surface area (Å²) < 4.78 is 28.4. The molecule has 102 valence electrons. The second kappa shape index (κ2) is 4.89. The van der Waals surface area contributed by atoms with Crippen LogP contribution in [0.2, 0.25) is 0 Å². The van der Waals surface area contributed by atoms with Crippen LogP contribution in [0.25, 0.3) is 0 Å². The molecule has 1 aromatic heterocycles. The zero-order valence-electron chi connectivity index (χ0n) is 10.8. The standard InChI is InChI=1S/C11H20N4O2S/c1-8-10(11(12)14-15(8)2)18(16,17)13-7-6-9-4-3-5-9/h9,13H,3-7H2,1-2H3,(H2,12,14). The Hall–Kier alpha value is -1.08. The smallest absolute Gasteiger partial charge is 0.246 e. The summed E-state index contributed by atoms with van der Waals surface area (Å²) in [5, 5.41) is 3.92. The van der Waals surface area contributed by atoms with Gasteiger partial charge in [-0.05, 0) is 19.3 Å². The molecule has 2 rings (SSSR count). The number of aryl methyl sites for hydroxylation is 1. The minimum absolute atomic E-state index is 0.0612. The van der Waals surface area contributed by atoms with E-state index in [2.05, 4.69) is 9.82 Å². The Morgan fingerprint density at radius 3 is 2.61 bits per heavy atom. The quantitative estimate of drug-likeness (QED) is 0.828. The van der Waals surface area contributed by atoms with Crippen molar-refractivity contribution in [1.82, 2.24) is 14.5 Å². The molecular weight excluding hydrogens is 252 g/mol. The van der Waals surface area contributed by atoms with Gasteiger partial charge >= 0.3 is 0 Å². The van der Waals surface area contributed by atoms with Crippen LogP contribution in [-0.2, 0) is 17.1 Å². The number of nitrogen functional groups attached to an aromatic ring is 1. The van der Waals surface area contributed by atoms with Crippen LogP contribution < -0.4 is 10.5 Å². The van der Waals surface area contributed by atoms with Crippen LogP contribution in [0.15, 0.2) is 4.90 Å². The number of nitrogens with one attached hydrogen (secondary N) is 1. The minimum atomic E-state index is -3.54. The highest BCUT2D eigenvalue weighted by molar-refractivity contribution is 7.89. The van der Waals surface area contributed by atoms with Crippen molar-refractivity contribution in [3.05, 3.63) is 5.69 Å². The number of anilines is 1. The predicted molar refractivity (Wildman–Crippen MR) is 69.5 cm³/mol. The molecule has 0 aromatic carbocycles. The lowest BCUT2D eigenvalue weighted by Crippen LogP contribution is -2.28. The Morgan fingerprint density at radius 1 is 1.50 bits per heavy atom. The van der Waals surface area contributed by atoms with Gasteiger partial charge in [-0.2, -0.15) is 5.10 Å². The molecule has 3 N–H and O–H groups in total. The molecule has 18 heavy (non-hydrogen) atoms. The number of hydrogen-bond acceptors (Lipinski definition) is 4. The van der Waals surface area contributed by atoms with Crippen LogP contribution in [0.5, 0.6) is 0 Å².